The fourth-order valence-corrected chi connectivity index (χ4v) is 1.09. The SMILES string of the molecule is NC1=C(O)C([N+](=O)[O-])=CC([N+](=O)[O-])C1. The maximum absolute atomic E-state index is 10.4. The minimum Gasteiger partial charge on any atom is -0.501 e. The third-order valence-corrected chi connectivity index (χ3v) is 1.79. The van der Waals surface area contributed by atoms with Crippen molar-refractivity contribution in [3.8, 4) is 0 Å². The van der Waals surface area contributed by atoms with E-state index in [0.717, 1.165) is 6.08 Å². The van der Waals surface area contributed by atoms with E-state index in [2.05, 4.69) is 0 Å². The summed E-state index contributed by atoms with van der Waals surface area (Å²) < 4.78 is 0. The Morgan fingerprint density at radius 3 is 2.50 bits per heavy atom. The van der Waals surface area contributed by atoms with Crippen LogP contribution in [0.15, 0.2) is 23.2 Å². The van der Waals surface area contributed by atoms with Gasteiger partial charge in [-0.3, -0.25) is 20.2 Å². The minimum absolute atomic E-state index is 0.212. The van der Waals surface area contributed by atoms with Gasteiger partial charge >= 0.3 is 5.70 Å². The van der Waals surface area contributed by atoms with Crippen LogP contribution in [0, 0.1) is 20.2 Å². The molecular weight excluding hydrogens is 194 g/mol. The second kappa shape index (κ2) is 3.32. The van der Waals surface area contributed by atoms with E-state index in [9.17, 15) is 20.2 Å². The van der Waals surface area contributed by atoms with Crippen molar-refractivity contribution in [2.45, 2.75) is 12.5 Å². The number of aliphatic hydroxyl groups is 1. The second-order valence-electron chi connectivity index (χ2n) is 2.74. The summed E-state index contributed by atoms with van der Waals surface area (Å²) in [6, 6.07) is -1.24. The van der Waals surface area contributed by atoms with Crippen LogP contribution in [0.3, 0.4) is 0 Å². The van der Waals surface area contributed by atoms with Gasteiger partial charge in [0, 0.05) is 4.92 Å². The lowest BCUT2D eigenvalue weighted by molar-refractivity contribution is -0.512. The number of hydrogen-bond donors (Lipinski definition) is 2. The molecule has 8 heteroatoms. The predicted octanol–water partition coefficient (Wildman–Crippen LogP) is -0.0757. The van der Waals surface area contributed by atoms with Gasteiger partial charge in [-0.1, -0.05) is 0 Å². The summed E-state index contributed by atoms with van der Waals surface area (Å²) in [5, 5.41) is 29.8. The van der Waals surface area contributed by atoms with Gasteiger partial charge in [0.05, 0.1) is 23.1 Å². The molecule has 1 rings (SSSR count). The summed E-state index contributed by atoms with van der Waals surface area (Å²) in [4.78, 5) is 19.1. The molecule has 0 bridgehead atoms. The van der Waals surface area contributed by atoms with Crippen molar-refractivity contribution in [3.05, 3.63) is 43.5 Å². The predicted molar refractivity (Wildman–Crippen MR) is 44.3 cm³/mol. The van der Waals surface area contributed by atoms with E-state index in [1.54, 1.807) is 0 Å². The van der Waals surface area contributed by atoms with Crippen molar-refractivity contribution >= 4 is 0 Å². The van der Waals surface area contributed by atoms with E-state index in [1.165, 1.54) is 0 Å². The van der Waals surface area contributed by atoms with E-state index in [4.69, 9.17) is 10.8 Å². The van der Waals surface area contributed by atoms with E-state index in [0.29, 0.717) is 0 Å². The number of hydrogen-bond acceptors (Lipinski definition) is 6. The third kappa shape index (κ3) is 1.63. The Morgan fingerprint density at radius 1 is 1.50 bits per heavy atom. The molecule has 0 aromatic rings. The van der Waals surface area contributed by atoms with Crippen molar-refractivity contribution < 1.29 is 15.0 Å². The lowest BCUT2D eigenvalue weighted by Gasteiger charge is -2.11. The standard InChI is InChI=1S/C6H7N3O5/c7-4-1-3(8(11)12)2-5(6(4)10)9(13)14/h2-3,10H,1,7H2. The van der Waals surface area contributed by atoms with Crippen molar-refractivity contribution in [2.75, 3.05) is 0 Å². The fourth-order valence-electron chi connectivity index (χ4n) is 1.09. The fraction of sp³-hybridized carbons (Fsp3) is 0.333. The van der Waals surface area contributed by atoms with Crippen molar-refractivity contribution in [3.63, 3.8) is 0 Å². The largest absolute Gasteiger partial charge is 0.501 e. The number of rotatable bonds is 2. The molecule has 1 aliphatic carbocycles. The molecule has 8 nitrogen and oxygen atoms in total. The van der Waals surface area contributed by atoms with Crippen LogP contribution in [0.5, 0.6) is 0 Å². The van der Waals surface area contributed by atoms with Crippen molar-refractivity contribution in [1.82, 2.24) is 0 Å². The Kier molecular flexibility index (Phi) is 2.36. The molecule has 76 valence electrons. The van der Waals surface area contributed by atoms with Crippen LogP contribution in [0.1, 0.15) is 6.42 Å². The van der Waals surface area contributed by atoms with Crippen LogP contribution in [-0.4, -0.2) is 21.0 Å². The number of nitrogens with zero attached hydrogens (tertiary/aromatic N) is 2. The molecule has 0 amide bonds. The Balaban J connectivity index is 3.09. The Bertz CT molecular complexity index is 358. The first-order chi connectivity index (χ1) is 6.43. The minimum atomic E-state index is -1.24. The summed E-state index contributed by atoms with van der Waals surface area (Å²) in [6.07, 6.45) is 0.571. The van der Waals surface area contributed by atoms with Gasteiger partial charge in [0.2, 0.25) is 11.8 Å². The van der Waals surface area contributed by atoms with Gasteiger partial charge in [-0.05, 0) is 0 Å². The van der Waals surface area contributed by atoms with Gasteiger partial charge in [0.1, 0.15) is 0 Å². The zero-order valence-electron chi connectivity index (χ0n) is 6.91. The summed E-state index contributed by atoms with van der Waals surface area (Å²) in [5.74, 6) is -0.687. The van der Waals surface area contributed by atoms with Crippen molar-refractivity contribution in [2.24, 2.45) is 5.73 Å². The molecule has 0 radical (unpaired) electrons. The normalized spacial score (nSPS) is 21.7. The highest BCUT2D eigenvalue weighted by Crippen LogP contribution is 2.22. The summed E-state index contributed by atoms with van der Waals surface area (Å²) in [7, 11) is 0. The van der Waals surface area contributed by atoms with Crippen LogP contribution in [0.2, 0.25) is 0 Å². The van der Waals surface area contributed by atoms with Gasteiger partial charge in [-0.15, -0.1) is 0 Å². The third-order valence-electron chi connectivity index (χ3n) is 1.79. The highest BCUT2D eigenvalue weighted by molar-refractivity contribution is 5.28. The molecule has 0 spiro atoms. The van der Waals surface area contributed by atoms with Gasteiger partial charge in [0.25, 0.3) is 0 Å². The number of nitrogens with two attached hydrogens (primary N) is 1. The van der Waals surface area contributed by atoms with Crippen LogP contribution in [0.25, 0.3) is 0 Å². The monoisotopic (exact) mass is 201 g/mol. The van der Waals surface area contributed by atoms with Gasteiger partial charge in [0.15, 0.2) is 0 Å². The zero-order valence-corrected chi connectivity index (χ0v) is 6.91. The first-order valence-electron chi connectivity index (χ1n) is 3.61. The summed E-state index contributed by atoms with van der Waals surface area (Å²) in [5.41, 5.74) is 4.27. The van der Waals surface area contributed by atoms with Crippen molar-refractivity contribution in [1.29, 1.82) is 0 Å². The molecular formula is C6H7N3O5. The number of nitro groups is 2. The van der Waals surface area contributed by atoms with Crippen LogP contribution in [0.4, 0.5) is 0 Å². The first-order valence-corrected chi connectivity index (χ1v) is 3.61. The molecule has 14 heavy (non-hydrogen) atoms. The molecule has 3 N–H and O–H groups in total. The highest BCUT2D eigenvalue weighted by Gasteiger charge is 2.33. The molecule has 1 atom stereocenters. The lowest BCUT2D eigenvalue weighted by Crippen LogP contribution is -2.27. The maximum Gasteiger partial charge on any atom is 0.315 e. The Morgan fingerprint density at radius 2 is 2.07 bits per heavy atom. The van der Waals surface area contributed by atoms with E-state index >= 15 is 0 Å². The smallest absolute Gasteiger partial charge is 0.315 e. The molecule has 0 heterocycles. The van der Waals surface area contributed by atoms with Gasteiger partial charge in [-0.25, -0.2) is 0 Å². The van der Waals surface area contributed by atoms with E-state index in [-0.39, 0.29) is 12.1 Å². The average molecular weight is 201 g/mol. The molecule has 1 unspecified atom stereocenters. The number of aliphatic hydroxyl groups excluding tert-OH is 1. The molecule has 0 fully saturated rings. The van der Waals surface area contributed by atoms with E-state index < -0.39 is 27.3 Å². The summed E-state index contributed by atoms with van der Waals surface area (Å²) in [6.45, 7) is 0. The highest BCUT2D eigenvalue weighted by atomic mass is 16.6. The Hall–Kier alpha value is -2.12. The lowest BCUT2D eigenvalue weighted by atomic mass is 10.0. The molecule has 0 saturated heterocycles. The maximum atomic E-state index is 10.4. The molecule has 0 saturated carbocycles. The van der Waals surface area contributed by atoms with Gasteiger partial charge < -0.3 is 10.8 Å². The van der Waals surface area contributed by atoms with Crippen LogP contribution < -0.4 is 5.73 Å². The molecule has 1 aliphatic rings. The Labute approximate surface area is 77.6 Å². The summed E-state index contributed by atoms with van der Waals surface area (Å²) >= 11 is 0. The van der Waals surface area contributed by atoms with Crippen LogP contribution in [-0.2, 0) is 0 Å². The quantitative estimate of drug-likeness (QED) is 0.474. The zero-order chi connectivity index (χ0) is 10.9. The first kappa shape index (κ1) is 9.96. The van der Waals surface area contributed by atoms with Crippen LogP contribution >= 0.6 is 0 Å². The molecule has 0 aromatic heterocycles. The van der Waals surface area contributed by atoms with Gasteiger partial charge in [-0.2, -0.15) is 0 Å². The molecule has 0 aliphatic heterocycles. The topological polar surface area (TPSA) is 133 Å². The molecule has 0 aromatic carbocycles. The second-order valence-corrected chi connectivity index (χ2v) is 2.74. The average Bonchev–Trinajstić information content (AvgIpc) is 2.08. The van der Waals surface area contributed by atoms with E-state index in [1.807, 2.05) is 0 Å².